The Kier molecular flexibility index (Phi) is 6.07. The van der Waals surface area contributed by atoms with Crippen molar-refractivity contribution in [2.45, 2.75) is 12.5 Å². The number of rotatable bonds is 7. The number of cyclic esters (lactones) is 1. The maximum Gasteiger partial charge on any atom is 0.416 e. The number of hydrogen-bond acceptors (Lipinski definition) is 10. The van der Waals surface area contributed by atoms with Crippen LogP contribution in [0.5, 0.6) is 11.5 Å². The second-order valence-electron chi connectivity index (χ2n) is 10.3. The van der Waals surface area contributed by atoms with Gasteiger partial charge in [0.15, 0.2) is 11.5 Å². The fraction of sp³-hybridized carbons (Fsp3) is 0.321. The molecule has 0 spiro atoms. The molecule has 4 aromatic heterocycles. The van der Waals surface area contributed by atoms with Crippen LogP contribution < -0.4 is 19.7 Å². The number of pyridine rings is 1. The van der Waals surface area contributed by atoms with Gasteiger partial charge in [-0.3, -0.25) is 9.88 Å². The van der Waals surface area contributed by atoms with Crippen LogP contribution in [-0.4, -0.2) is 93.9 Å². The summed E-state index contributed by atoms with van der Waals surface area (Å²) in [5, 5.41) is 13.4. The number of aromatic nitrogens is 6. The number of hydrogen-bond donors (Lipinski definition) is 1. The maximum atomic E-state index is 13.1. The first-order valence-electron chi connectivity index (χ1n) is 13.4. The van der Waals surface area contributed by atoms with E-state index in [2.05, 4.69) is 20.3 Å². The molecule has 1 unspecified atom stereocenters. The van der Waals surface area contributed by atoms with Gasteiger partial charge in [0.05, 0.1) is 47.7 Å². The summed E-state index contributed by atoms with van der Waals surface area (Å²) in [6.07, 6.45) is 7.09. The SMILES string of the molecule is COc1cc2c(cc1-n1nc(N3CC(CCN(C)C)OC3=O)c3cnc(-c4cnn5cccnc45)cc31)OCCN2. The molecule has 1 fully saturated rings. The van der Waals surface area contributed by atoms with Crippen molar-refractivity contribution in [3.05, 3.63) is 49.1 Å². The molecule has 13 nitrogen and oxygen atoms in total. The summed E-state index contributed by atoms with van der Waals surface area (Å²) in [5.74, 6) is 1.76. The summed E-state index contributed by atoms with van der Waals surface area (Å²) in [7, 11) is 5.61. The minimum Gasteiger partial charge on any atom is -0.494 e. The molecule has 210 valence electrons. The van der Waals surface area contributed by atoms with Crippen molar-refractivity contribution in [2.24, 2.45) is 0 Å². The Balaban J connectivity index is 1.39. The number of nitrogens with one attached hydrogen (secondary N) is 1. The molecule has 1 amide bonds. The molecular formula is C28H29N9O4. The first-order valence-corrected chi connectivity index (χ1v) is 13.4. The van der Waals surface area contributed by atoms with E-state index < -0.39 is 6.09 Å². The van der Waals surface area contributed by atoms with Crippen molar-refractivity contribution < 1.29 is 19.0 Å². The number of nitrogens with zero attached hydrogens (tertiary/aromatic N) is 8. The van der Waals surface area contributed by atoms with Gasteiger partial charge >= 0.3 is 6.09 Å². The molecule has 2 aliphatic heterocycles. The highest BCUT2D eigenvalue weighted by Gasteiger charge is 2.36. The monoisotopic (exact) mass is 555 g/mol. The van der Waals surface area contributed by atoms with Crippen molar-refractivity contribution in [1.29, 1.82) is 0 Å². The van der Waals surface area contributed by atoms with Crippen LogP contribution in [0, 0.1) is 0 Å². The van der Waals surface area contributed by atoms with Gasteiger partial charge in [0.25, 0.3) is 0 Å². The molecule has 1 atom stereocenters. The lowest BCUT2D eigenvalue weighted by atomic mass is 10.1. The smallest absolute Gasteiger partial charge is 0.416 e. The zero-order valence-corrected chi connectivity index (χ0v) is 22.9. The number of benzene rings is 1. The van der Waals surface area contributed by atoms with Gasteiger partial charge in [-0.05, 0) is 32.6 Å². The van der Waals surface area contributed by atoms with Crippen molar-refractivity contribution >= 4 is 34.1 Å². The molecule has 13 heteroatoms. The van der Waals surface area contributed by atoms with Crippen molar-refractivity contribution in [1.82, 2.24) is 34.3 Å². The summed E-state index contributed by atoms with van der Waals surface area (Å²) in [6.45, 7) is 2.46. The van der Waals surface area contributed by atoms with Crippen LogP contribution in [0.2, 0.25) is 0 Å². The fourth-order valence-corrected chi connectivity index (χ4v) is 5.26. The van der Waals surface area contributed by atoms with Crippen molar-refractivity contribution in [2.75, 3.05) is 57.7 Å². The number of anilines is 2. The van der Waals surface area contributed by atoms with Crippen molar-refractivity contribution in [3.63, 3.8) is 0 Å². The molecule has 41 heavy (non-hydrogen) atoms. The Morgan fingerprint density at radius 1 is 1.20 bits per heavy atom. The Labute approximate surface area is 235 Å². The van der Waals surface area contributed by atoms with Gasteiger partial charge in [-0.15, -0.1) is 5.10 Å². The third kappa shape index (κ3) is 4.34. The molecular weight excluding hydrogens is 526 g/mol. The molecule has 1 N–H and O–H groups in total. The molecule has 0 saturated carbocycles. The van der Waals surface area contributed by atoms with Crippen molar-refractivity contribution in [3.8, 4) is 28.4 Å². The second kappa shape index (κ2) is 9.93. The predicted molar refractivity (Wildman–Crippen MR) is 152 cm³/mol. The average Bonchev–Trinajstić information content (AvgIpc) is 3.69. The van der Waals surface area contributed by atoms with Gasteiger partial charge in [-0.1, -0.05) is 0 Å². The van der Waals surface area contributed by atoms with Crippen LogP contribution in [0.15, 0.2) is 49.1 Å². The summed E-state index contributed by atoms with van der Waals surface area (Å²) >= 11 is 0. The van der Waals surface area contributed by atoms with Gasteiger partial charge in [-0.2, -0.15) is 5.10 Å². The van der Waals surface area contributed by atoms with E-state index in [1.807, 2.05) is 44.6 Å². The lowest BCUT2D eigenvalue weighted by molar-refractivity contribution is 0.131. The van der Waals surface area contributed by atoms with Crippen LogP contribution in [-0.2, 0) is 4.74 Å². The number of fused-ring (bicyclic) bond motifs is 3. The first kappa shape index (κ1) is 25.1. The Morgan fingerprint density at radius 2 is 2.10 bits per heavy atom. The predicted octanol–water partition coefficient (Wildman–Crippen LogP) is 3.22. The first-order chi connectivity index (χ1) is 20.0. The minimum atomic E-state index is -0.429. The van der Waals surface area contributed by atoms with Crippen LogP contribution in [0.4, 0.5) is 16.3 Å². The minimum absolute atomic E-state index is 0.236. The zero-order chi connectivity index (χ0) is 28.1. The lowest BCUT2D eigenvalue weighted by Gasteiger charge is -2.21. The second-order valence-corrected chi connectivity index (χ2v) is 10.3. The molecule has 0 bridgehead atoms. The summed E-state index contributed by atoms with van der Waals surface area (Å²) < 4.78 is 20.9. The fourth-order valence-electron chi connectivity index (χ4n) is 5.26. The van der Waals surface area contributed by atoms with Gasteiger partial charge in [0.2, 0.25) is 0 Å². The average molecular weight is 556 g/mol. The standard InChI is InChI=1S/C28H29N9O4/c1-34(2)9-5-17-16-35(28(38)41-17)27-19-14-31-20(18-15-32-36-8-4-6-30-26(18)36)11-22(19)37(33-27)23-13-24-21(12-25(23)39-3)29-7-10-40-24/h4,6,8,11-15,17,29H,5,7,9-10,16H2,1-3H3. The Hall–Kier alpha value is -4.91. The third-order valence-corrected chi connectivity index (χ3v) is 7.31. The van der Waals surface area contributed by atoms with Gasteiger partial charge in [0, 0.05) is 43.8 Å². The van der Waals surface area contributed by atoms with E-state index in [-0.39, 0.29) is 6.10 Å². The molecule has 5 aromatic rings. The van der Waals surface area contributed by atoms with E-state index in [4.69, 9.17) is 24.3 Å². The van der Waals surface area contributed by atoms with Gasteiger partial charge in [-0.25, -0.2) is 19.0 Å². The van der Waals surface area contributed by atoms with E-state index in [0.717, 1.165) is 29.7 Å². The number of methoxy groups -OCH3 is 1. The number of amides is 1. The number of carbonyl (C=O) groups excluding carboxylic acids is 1. The van der Waals surface area contributed by atoms with Gasteiger partial charge < -0.3 is 24.4 Å². The molecule has 1 aromatic carbocycles. The van der Waals surface area contributed by atoms with E-state index >= 15 is 0 Å². The van der Waals surface area contributed by atoms with Crippen LogP contribution in [0.25, 0.3) is 33.5 Å². The summed E-state index contributed by atoms with van der Waals surface area (Å²) in [4.78, 5) is 26.0. The third-order valence-electron chi connectivity index (χ3n) is 7.31. The van der Waals surface area contributed by atoms with Crippen LogP contribution in [0.1, 0.15) is 6.42 Å². The molecule has 1 saturated heterocycles. The summed E-state index contributed by atoms with van der Waals surface area (Å²) in [6, 6.07) is 7.55. The lowest BCUT2D eigenvalue weighted by Crippen LogP contribution is -2.26. The zero-order valence-electron chi connectivity index (χ0n) is 22.9. The highest BCUT2D eigenvalue weighted by atomic mass is 16.6. The van der Waals surface area contributed by atoms with Crippen LogP contribution >= 0.6 is 0 Å². The van der Waals surface area contributed by atoms with Crippen LogP contribution in [0.3, 0.4) is 0 Å². The van der Waals surface area contributed by atoms with E-state index in [1.54, 1.807) is 39.8 Å². The highest BCUT2D eigenvalue weighted by molar-refractivity contribution is 6.01. The molecule has 0 aliphatic carbocycles. The molecule has 2 aliphatic rings. The van der Waals surface area contributed by atoms with Gasteiger partial charge in [0.1, 0.15) is 29.9 Å². The summed E-state index contributed by atoms with van der Waals surface area (Å²) in [5.41, 5.74) is 4.37. The maximum absolute atomic E-state index is 13.1. The highest BCUT2D eigenvalue weighted by Crippen LogP contribution is 2.40. The topological polar surface area (TPSA) is 124 Å². The van der Waals surface area contributed by atoms with E-state index in [9.17, 15) is 4.79 Å². The quantitative estimate of drug-likeness (QED) is 0.320. The number of ether oxygens (including phenoxy) is 3. The molecule has 7 rings (SSSR count). The largest absolute Gasteiger partial charge is 0.494 e. The molecule has 6 heterocycles. The normalized spacial score (nSPS) is 16.6. The Morgan fingerprint density at radius 3 is 2.95 bits per heavy atom. The Bertz CT molecular complexity index is 1780. The molecule has 0 radical (unpaired) electrons. The number of carbonyl (C=O) groups is 1. The van der Waals surface area contributed by atoms with E-state index in [1.165, 1.54) is 0 Å². The van der Waals surface area contributed by atoms with E-state index in [0.29, 0.717) is 59.4 Å².